The summed E-state index contributed by atoms with van der Waals surface area (Å²) in [5.41, 5.74) is 0.968. The van der Waals surface area contributed by atoms with Crippen LogP contribution in [0.25, 0.3) is 0 Å². The Kier molecular flexibility index (Phi) is 7.58. The average Bonchev–Trinajstić information content (AvgIpc) is 3.14. The quantitative estimate of drug-likeness (QED) is 0.451. The van der Waals surface area contributed by atoms with Crippen LogP contribution in [0.2, 0.25) is 0 Å². The van der Waals surface area contributed by atoms with Gasteiger partial charge in [-0.15, -0.1) is 0 Å². The molecule has 3 heterocycles. The predicted octanol–water partition coefficient (Wildman–Crippen LogP) is 3.80. The molecule has 196 valence electrons. The van der Waals surface area contributed by atoms with Crippen LogP contribution in [0.3, 0.4) is 0 Å². The molecule has 2 aliphatic heterocycles. The monoisotopic (exact) mass is 509 g/mol. The van der Waals surface area contributed by atoms with Crippen molar-refractivity contribution < 1.29 is 37.0 Å². The molecule has 2 aliphatic rings. The van der Waals surface area contributed by atoms with Crippen molar-refractivity contribution in [3.8, 4) is 5.75 Å². The Morgan fingerprint density at radius 2 is 2.03 bits per heavy atom. The molecule has 0 saturated carbocycles. The number of fused-ring (bicyclic) bond motifs is 1. The molecule has 1 saturated heterocycles. The molecule has 1 aromatic heterocycles. The largest absolute Gasteiger partial charge is 0.496 e. The van der Waals surface area contributed by atoms with Gasteiger partial charge in [-0.3, -0.25) is 9.48 Å². The second-order valence-corrected chi connectivity index (χ2v) is 9.21. The van der Waals surface area contributed by atoms with Crippen molar-refractivity contribution in [1.29, 1.82) is 0 Å². The Labute approximate surface area is 207 Å². The van der Waals surface area contributed by atoms with E-state index in [0.717, 1.165) is 43.3 Å². The standard InChI is InChI=1S/C25H30F3N3O5/c1-3-31-21-17(14-24(15-29-22(21)32)8-11-35-12-9-24)19(30-31)5-4-10-36-23(33)16-6-7-20(34-2)18(13-16)25(26,27)28/h6-7,13H,3-5,8-12,14-15H2,1-2H3,(H,29,32). The lowest BCUT2D eigenvalue weighted by Crippen LogP contribution is -2.40. The van der Waals surface area contributed by atoms with Crippen molar-refractivity contribution in [2.75, 3.05) is 33.5 Å². The summed E-state index contributed by atoms with van der Waals surface area (Å²) in [7, 11) is 1.14. The lowest BCUT2D eigenvalue weighted by molar-refractivity contribution is -0.138. The fourth-order valence-corrected chi connectivity index (χ4v) is 4.91. The van der Waals surface area contributed by atoms with Gasteiger partial charge in [-0.1, -0.05) is 0 Å². The minimum absolute atomic E-state index is 0.00511. The maximum atomic E-state index is 13.3. The van der Waals surface area contributed by atoms with Gasteiger partial charge < -0.3 is 19.5 Å². The van der Waals surface area contributed by atoms with Crippen LogP contribution in [0, 0.1) is 5.41 Å². The Balaban J connectivity index is 1.44. The van der Waals surface area contributed by atoms with Crippen molar-refractivity contribution >= 4 is 11.9 Å². The first-order valence-electron chi connectivity index (χ1n) is 12.0. The maximum absolute atomic E-state index is 13.3. The van der Waals surface area contributed by atoms with E-state index < -0.39 is 17.7 Å². The second kappa shape index (κ2) is 10.5. The van der Waals surface area contributed by atoms with Crippen LogP contribution in [-0.4, -0.2) is 55.1 Å². The first kappa shape index (κ1) is 26.0. The van der Waals surface area contributed by atoms with E-state index in [1.54, 1.807) is 4.68 Å². The van der Waals surface area contributed by atoms with Gasteiger partial charge in [0.05, 0.1) is 30.5 Å². The third kappa shape index (κ3) is 5.35. The van der Waals surface area contributed by atoms with Gasteiger partial charge in [-0.05, 0) is 62.6 Å². The number of alkyl halides is 3. The number of benzene rings is 1. The van der Waals surface area contributed by atoms with E-state index in [4.69, 9.17) is 14.2 Å². The van der Waals surface area contributed by atoms with E-state index in [-0.39, 0.29) is 29.2 Å². The predicted molar refractivity (Wildman–Crippen MR) is 123 cm³/mol. The fraction of sp³-hybridized carbons (Fsp3) is 0.560. The molecule has 0 aliphatic carbocycles. The van der Waals surface area contributed by atoms with Gasteiger partial charge in [-0.2, -0.15) is 18.3 Å². The highest BCUT2D eigenvalue weighted by molar-refractivity contribution is 5.95. The molecule has 1 N–H and O–H groups in total. The number of esters is 1. The van der Waals surface area contributed by atoms with Gasteiger partial charge in [-0.25, -0.2) is 4.79 Å². The molecule has 1 amide bonds. The SMILES string of the molecule is CCn1nc(CCCOC(=O)c2ccc(OC)c(C(F)(F)F)c2)c2c1C(=O)NCC1(CCOCC1)C2. The summed E-state index contributed by atoms with van der Waals surface area (Å²) < 4.78 is 57.0. The molecule has 0 bridgehead atoms. The minimum Gasteiger partial charge on any atom is -0.496 e. The van der Waals surface area contributed by atoms with Crippen LogP contribution in [0.4, 0.5) is 13.2 Å². The number of nitrogens with one attached hydrogen (secondary N) is 1. The van der Waals surface area contributed by atoms with Gasteiger partial charge in [0.15, 0.2) is 0 Å². The number of halogens is 3. The first-order valence-corrected chi connectivity index (χ1v) is 12.0. The van der Waals surface area contributed by atoms with Crippen molar-refractivity contribution in [1.82, 2.24) is 15.1 Å². The Morgan fingerprint density at radius 3 is 2.69 bits per heavy atom. The summed E-state index contributed by atoms with van der Waals surface area (Å²) in [5.74, 6) is -1.35. The summed E-state index contributed by atoms with van der Waals surface area (Å²) in [5, 5.41) is 7.72. The molecule has 0 unspecified atom stereocenters. The summed E-state index contributed by atoms with van der Waals surface area (Å²) in [4.78, 5) is 25.3. The van der Waals surface area contributed by atoms with Crippen molar-refractivity contribution in [2.24, 2.45) is 5.41 Å². The average molecular weight is 510 g/mol. The van der Waals surface area contributed by atoms with Crippen molar-refractivity contribution in [2.45, 2.75) is 51.7 Å². The topological polar surface area (TPSA) is 91.7 Å². The highest BCUT2D eigenvalue weighted by Crippen LogP contribution is 2.38. The number of ether oxygens (including phenoxy) is 3. The maximum Gasteiger partial charge on any atom is 0.419 e. The molecule has 1 spiro atoms. The zero-order valence-electron chi connectivity index (χ0n) is 20.4. The number of carbonyl (C=O) groups is 2. The molecule has 2 aromatic rings. The summed E-state index contributed by atoms with van der Waals surface area (Å²) in [6.07, 6.45) is -1.36. The van der Waals surface area contributed by atoms with Crippen LogP contribution in [0.5, 0.6) is 5.75 Å². The second-order valence-electron chi connectivity index (χ2n) is 9.21. The van der Waals surface area contributed by atoms with Gasteiger partial charge in [0.2, 0.25) is 0 Å². The van der Waals surface area contributed by atoms with Crippen LogP contribution < -0.4 is 10.1 Å². The van der Waals surface area contributed by atoms with Crippen molar-refractivity contribution in [3.63, 3.8) is 0 Å². The number of rotatable bonds is 7. The molecule has 36 heavy (non-hydrogen) atoms. The lowest BCUT2D eigenvalue weighted by atomic mass is 9.75. The van der Waals surface area contributed by atoms with Gasteiger partial charge in [0.1, 0.15) is 11.4 Å². The highest BCUT2D eigenvalue weighted by Gasteiger charge is 2.39. The minimum atomic E-state index is -4.66. The Hall–Kier alpha value is -3.08. The summed E-state index contributed by atoms with van der Waals surface area (Å²) in [6.45, 7) is 4.36. The van der Waals surface area contributed by atoms with E-state index >= 15 is 0 Å². The molecular formula is C25H30F3N3O5. The summed E-state index contributed by atoms with van der Waals surface area (Å²) in [6, 6.07) is 3.07. The van der Waals surface area contributed by atoms with Gasteiger partial charge >= 0.3 is 12.1 Å². The fourth-order valence-electron chi connectivity index (χ4n) is 4.91. The number of nitrogens with zero attached hydrogens (tertiary/aromatic N) is 2. The number of amides is 1. The van der Waals surface area contributed by atoms with Crippen LogP contribution >= 0.6 is 0 Å². The smallest absolute Gasteiger partial charge is 0.419 e. The zero-order valence-corrected chi connectivity index (χ0v) is 20.4. The number of hydrogen-bond donors (Lipinski definition) is 1. The molecule has 0 atom stereocenters. The van der Waals surface area contributed by atoms with E-state index in [9.17, 15) is 22.8 Å². The first-order chi connectivity index (χ1) is 17.2. The van der Waals surface area contributed by atoms with E-state index in [2.05, 4.69) is 10.4 Å². The number of hydrogen-bond acceptors (Lipinski definition) is 6. The van der Waals surface area contributed by atoms with Crippen LogP contribution in [0.15, 0.2) is 18.2 Å². The molecule has 11 heteroatoms. The summed E-state index contributed by atoms with van der Waals surface area (Å²) >= 11 is 0. The van der Waals surface area contributed by atoms with Crippen LogP contribution in [-0.2, 0) is 35.0 Å². The highest BCUT2D eigenvalue weighted by atomic mass is 19.4. The lowest BCUT2D eigenvalue weighted by Gasteiger charge is -2.36. The third-order valence-corrected chi connectivity index (χ3v) is 6.91. The Morgan fingerprint density at radius 1 is 1.28 bits per heavy atom. The van der Waals surface area contributed by atoms with Gasteiger partial charge in [0.25, 0.3) is 5.91 Å². The number of carbonyl (C=O) groups excluding carboxylic acids is 2. The number of aryl methyl sites for hydroxylation is 2. The third-order valence-electron chi connectivity index (χ3n) is 6.91. The number of methoxy groups -OCH3 is 1. The molecule has 0 radical (unpaired) electrons. The molecule has 4 rings (SSSR count). The molecule has 1 aromatic carbocycles. The Bertz CT molecular complexity index is 1120. The van der Waals surface area contributed by atoms with E-state index in [1.165, 1.54) is 6.07 Å². The van der Waals surface area contributed by atoms with E-state index in [0.29, 0.717) is 51.3 Å². The zero-order chi connectivity index (χ0) is 25.9. The van der Waals surface area contributed by atoms with E-state index in [1.807, 2.05) is 6.92 Å². The molecule has 1 fully saturated rings. The molecular weight excluding hydrogens is 479 g/mol. The molecule has 8 nitrogen and oxygen atoms in total. The normalized spacial score (nSPS) is 17.3. The van der Waals surface area contributed by atoms with Crippen molar-refractivity contribution in [3.05, 3.63) is 46.3 Å². The number of aromatic nitrogens is 2. The van der Waals surface area contributed by atoms with Gasteiger partial charge in [0, 0.05) is 31.9 Å². The van der Waals surface area contributed by atoms with Crippen LogP contribution in [0.1, 0.15) is 63.9 Å².